The lowest BCUT2D eigenvalue weighted by atomic mass is 10.3. The highest BCUT2D eigenvalue weighted by Gasteiger charge is 2.06. The molecule has 0 unspecified atom stereocenters. The van der Waals surface area contributed by atoms with Crippen molar-refractivity contribution in [1.29, 1.82) is 0 Å². The lowest BCUT2D eigenvalue weighted by Crippen LogP contribution is -2.22. The summed E-state index contributed by atoms with van der Waals surface area (Å²) in [4.78, 5) is 15.1. The molecule has 0 aliphatic heterocycles. The summed E-state index contributed by atoms with van der Waals surface area (Å²) in [5, 5.41) is 0. The quantitative estimate of drug-likeness (QED) is 0.754. The van der Waals surface area contributed by atoms with Gasteiger partial charge in [-0.25, -0.2) is 9.37 Å². The van der Waals surface area contributed by atoms with Crippen LogP contribution in [0.3, 0.4) is 0 Å². The van der Waals surface area contributed by atoms with Crippen molar-refractivity contribution in [3.63, 3.8) is 0 Å². The van der Waals surface area contributed by atoms with Crippen LogP contribution in [0.5, 0.6) is 0 Å². The van der Waals surface area contributed by atoms with E-state index >= 15 is 0 Å². The normalized spacial score (nSPS) is 10.2. The predicted octanol–water partition coefficient (Wildman–Crippen LogP) is 0.954. The molecule has 1 heterocycles. The Balaban J connectivity index is 2.70. The van der Waals surface area contributed by atoms with Gasteiger partial charge in [-0.05, 0) is 12.1 Å². The summed E-state index contributed by atoms with van der Waals surface area (Å²) in [6.07, 6.45) is 2.72. The molecule has 5 heteroatoms. The van der Waals surface area contributed by atoms with Crippen molar-refractivity contribution in [2.75, 3.05) is 5.73 Å². The van der Waals surface area contributed by atoms with Crippen LogP contribution in [0.25, 0.3) is 5.69 Å². The molecule has 0 fully saturated rings. The fourth-order valence-electron chi connectivity index (χ4n) is 1.26. The topological polar surface area (TPSA) is 60.9 Å². The molecular formula is C10H8FN3O. The van der Waals surface area contributed by atoms with E-state index in [0.29, 0.717) is 0 Å². The smallest absolute Gasteiger partial charge is 0.297 e. The Bertz CT molecular complexity index is 550. The standard InChI is InChI=1S/C10H8FN3O/c11-7-3-1-2-4-8(7)14-6-5-13-9(12)10(14)15/h1-6H,(H2,12,13). The second kappa shape index (κ2) is 3.53. The summed E-state index contributed by atoms with van der Waals surface area (Å²) < 4.78 is 14.5. The van der Waals surface area contributed by atoms with Gasteiger partial charge < -0.3 is 5.73 Å². The van der Waals surface area contributed by atoms with Gasteiger partial charge in [0.25, 0.3) is 5.56 Å². The Kier molecular flexibility index (Phi) is 2.21. The van der Waals surface area contributed by atoms with E-state index in [1.165, 1.54) is 24.5 Å². The zero-order valence-corrected chi connectivity index (χ0v) is 7.72. The molecule has 0 spiro atoms. The first kappa shape index (κ1) is 9.39. The highest BCUT2D eigenvalue weighted by molar-refractivity contribution is 5.36. The van der Waals surface area contributed by atoms with Crippen molar-refractivity contribution < 1.29 is 4.39 Å². The Labute approximate surface area is 84.8 Å². The number of nitrogen functional groups attached to an aromatic ring is 1. The molecule has 15 heavy (non-hydrogen) atoms. The van der Waals surface area contributed by atoms with Crippen LogP contribution in [-0.2, 0) is 0 Å². The Hall–Kier alpha value is -2.17. The van der Waals surface area contributed by atoms with Gasteiger partial charge in [0.1, 0.15) is 5.82 Å². The molecule has 1 aromatic carbocycles. The van der Waals surface area contributed by atoms with E-state index in [-0.39, 0.29) is 11.5 Å². The summed E-state index contributed by atoms with van der Waals surface area (Å²) in [5.41, 5.74) is 4.98. The summed E-state index contributed by atoms with van der Waals surface area (Å²) in [6, 6.07) is 5.96. The van der Waals surface area contributed by atoms with Crippen LogP contribution in [0.1, 0.15) is 0 Å². The summed E-state index contributed by atoms with van der Waals surface area (Å²) in [7, 11) is 0. The van der Waals surface area contributed by atoms with Gasteiger partial charge in [-0.1, -0.05) is 12.1 Å². The number of benzene rings is 1. The molecule has 2 aromatic rings. The van der Waals surface area contributed by atoms with E-state index in [0.717, 1.165) is 4.57 Å². The zero-order valence-electron chi connectivity index (χ0n) is 7.72. The van der Waals surface area contributed by atoms with Gasteiger partial charge in [-0.3, -0.25) is 9.36 Å². The maximum absolute atomic E-state index is 13.4. The molecule has 0 radical (unpaired) electrons. The van der Waals surface area contributed by atoms with Gasteiger partial charge in [0.05, 0.1) is 5.69 Å². The largest absolute Gasteiger partial charge is 0.379 e. The second-order valence-corrected chi connectivity index (χ2v) is 2.94. The van der Waals surface area contributed by atoms with E-state index in [1.807, 2.05) is 0 Å². The van der Waals surface area contributed by atoms with Crippen LogP contribution < -0.4 is 11.3 Å². The van der Waals surface area contributed by atoms with Crippen molar-refractivity contribution in [2.24, 2.45) is 0 Å². The number of aromatic nitrogens is 2. The molecule has 0 atom stereocenters. The molecule has 0 saturated heterocycles. The van der Waals surface area contributed by atoms with E-state index in [4.69, 9.17) is 5.73 Å². The third-order valence-electron chi connectivity index (χ3n) is 1.98. The van der Waals surface area contributed by atoms with Crippen LogP contribution in [0.2, 0.25) is 0 Å². The van der Waals surface area contributed by atoms with Crippen LogP contribution in [0.15, 0.2) is 41.5 Å². The molecule has 4 nitrogen and oxygen atoms in total. The van der Waals surface area contributed by atoms with E-state index < -0.39 is 11.4 Å². The maximum Gasteiger partial charge on any atom is 0.297 e. The van der Waals surface area contributed by atoms with Crippen LogP contribution in [0.4, 0.5) is 10.2 Å². The van der Waals surface area contributed by atoms with Gasteiger partial charge in [-0.15, -0.1) is 0 Å². The van der Waals surface area contributed by atoms with E-state index in [9.17, 15) is 9.18 Å². The number of hydrogen-bond acceptors (Lipinski definition) is 3. The van der Waals surface area contributed by atoms with E-state index in [2.05, 4.69) is 4.98 Å². The van der Waals surface area contributed by atoms with Crippen molar-refractivity contribution in [1.82, 2.24) is 9.55 Å². The molecule has 2 N–H and O–H groups in total. The van der Waals surface area contributed by atoms with Gasteiger partial charge >= 0.3 is 0 Å². The third-order valence-corrected chi connectivity index (χ3v) is 1.98. The second-order valence-electron chi connectivity index (χ2n) is 2.94. The maximum atomic E-state index is 13.4. The Morgan fingerprint density at radius 1 is 1.33 bits per heavy atom. The zero-order chi connectivity index (χ0) is 10.8. The number of rotatable bonds is 1. The molecule has 0 amide bonds. The number of nitrogens with zero attached hydrogens (tertiary/aromatic N) is 2. The molecule has 1 aromatic heterocycles. The SMILES string of the molecule is Nc1nccn(-c2ccccc2F)c1=O. The highest BCUT2D eigenvalue weighted by atomic mass is 19.1. The number of hydrogen-bond donors (Lipinski definition) is 1. The molecule has 0 bridgehead atoms. The molecule has 0 saturated carbocycles. The lowest BCUT2D eigenvalue weighted by molar-refractivity contribution is 0.616. The average Bonchev–Trinajstić information content (AvgIpc) is 2.23. The first-order valence-electron chi connectivity index (χ1n) is 4.28. The van der Waals surface area contributed by atoms with Gasteiger partial charge in [0, 0.05) is 12.4 Å². The minimum atomic E-state index is -0.525. The lowest BCUT2D eigenvalue weighted by Gasteiger charge is -2.06. The fourth-order valence-corrected chi connectivity index (χ4v) is 1.26. The van der Waals surface area contributed by atoms with Crippen LogP contribution >= 0.6 is 0 Å². The van der Waals surface area contributed by atoms with Crippen molar-refractivity contribution >= 4 is 5.82 Å². The summed E-state index contributed by atoms with van der Waals surface area (Å²) in [6.45, 7) is 0. The third kappa shape index (κ3) is 1.59. The van der Waals surface area contributed by atoms with E-state index in [1.54, 1.807) is 12.1 Å². The van der Waals surface area contributed by atoms with Crippen molar-refractivity contribution in [3.8, 4) is 5.69 Å². The van der Waals surface area contributed by atoms with Crippen LogP contribution in [-0.4, -0.2) is 9.55 Å². The molecule has 0 aliphatic carbocycles. The van der Waals surface area contributed by atoms with Crippen molar-refractivity contribution in [3.05, 3.63) is 52.8 Å². The highest BCUT2D eigenvalue weighted by Crippen LogP contribution is 2.09. The Morgan fingerprint density at radius 2 is 2.07 bits per heavy atom. The molecule has 76 valence electrons. The summed E-state index contributed by atoms with van der Waals surface area (Å²) in [5.74, 6) is -0.633. The minimum Gasteiger partial charge on any atom is -0.379 e. The monoisotopic (exact) mass is 205 g/mol. The predicted molar refractivity (Wildman–Crippen MR) is 54.2 cm³/mol. The fraction of sp³-hybridized carbons (Fsp3) is 0. The summed E-state index contributed by atoms with van der Waals surface area (Å²) >= 11 is 0. The van der Waals surface area contributed by atoms with Crippen LogP contribution in [0, 0.1) is 5.82 Å². The first-order valence-corrected chi connectivity index (χ1v) is 4.28. The molecule has 0 aliphatic rings. The number of halogens is 1. The molecule has 2 rings (SSSR count). The number of nitrogens with two attached hydrogens (primary N) is 1. The Morgan fingerprint density at radius 3 is 2.80 bits per heavy atom. The first-order chi connectivity index (χ1) is 7.20. The number of para-hydroxylation sites is 1. The number of anilines is 1. The van der Waals surface area contributed by atoms with Crippen molar-refractivity contribution in [2.45, 2.75) is 0 Å². The minimum absolute atomic E-state index is 0.152. The molecular weight excluding hydrogens is 197 g/mol. The average molecular weight is 205 g/mol. The van der Waals surface area contributed by atoms with Gasteiger partial charge in [-0.2, -0.15) is 0 Å². The van der Waals surface area contributed by atoms with Gasteiger partial charge in [0.15, 0.2) is 5.82 Å². The van der Waals surface area contributed by atoms with Gasteiger partial charge in [0.2, 0.25) is 0 Å².